The molecule has 112 valence electrons. The van der Waals surface area contributed by atoms with Crippen LogP contribution in [0.25, 0.3) is 0 Å². The first-order valence-corrected chi connectivity index (χ1v) is 8.49. The van der Waals surface area contributed by atoms with Crippen LogP contribution in [0.2, 0.25) is 0 Å². The lowest BCUT2D eigenvalue weighted by Gasteiger charge is -2.26. The maximum absolute atomic E-state index is 5.46. The molecule has 0 saturated heterocycles. The van der Waals surface area contributed by atoms with E-state index >= 15 is 0 Å². The molecular weight excluding hydrogens is 280 g/mol. The Morgan fingerprint density at radius 3 is 3.10 bits per heavy atom. The van der Waals surface area contributed by atoms with Crippen molar-refractivity contribution in [3.05, 3.63) is 45.4 Å². The van der Waals surface area contributed by atoms with E-state index in [2.05, 4.69) is 40.8 Å². The van der Waals surface area contributed by atoms with Crippen molar-refractivity contribution in [2.24, 2.45) is 0 Å². The van der Waals surface area contributed by atoms with Gasteiger partial charge in [-0.05, 0) is 42.9 Å². The topological polar surface area (TPSA) is 34.2 Å². The van der Waals surface area contributed by atoms with Crippen LogP contribution in [-0.4, -0.2) is 18.1 Å². The lowest BCUT2D eigenvalue weighted by molar-refractivity contribution is 0.396. The van der Waals surface area contributed by atoms with Gasteiger partial charge in [0.15, 0.2) is 0 Å². The molecule has 0 fully saturated rings. The number of hydrogen-bond acceptors (Lipinski definition) is 4. The minimum atomic E-state index is 0.538. The lowest BCUT2D eigenvalue weighted by atomic mass is 9.87. The molecular formula is C17H22N2OS. The van der Waals surface area contributed by atoms with Crippen molar-refractivity contribution < 1.29 is 4.74 Å². The largest absolute Gasteiger partial charge is 0.496 e. The number of hydrogen-bond donors (Lipinski definition) is 1. The van der Waals surface area contributed by atoms with Crippen molar-refractivity contribution in [2.75, 3.05) is 7.11 Å². The fraction of sp³-hybridized carbons (Fsp3) is 0.471. The number of nitrogens with one attached hydrogen (secondary N) is 1. The summed E-state index contributed by atoms with van der Waals surface area (Å²) in [6.07, 6.45) is 4.37. The summed E-state index contributed by atoms with van der Waals surface area (Å²) in [4.78, 5) is 4.62. The number of nitrogens with zero attached hydrogens (tertiary/aromatic N) is 1. The van der Waals surface area contributed by atoms with Crippen LogP contribution in [0.3, 0.4) is 0 Å². The van der Waals surface area contributed by atoms with Gasteiger partial charge in [0.2, 0.25) is 0 Å². The molecule has 3 nitrogen and oxygen atoms in total. The normalized spacial score (nSPS) is 17.5. The number of benzene rings is 1. The van der Waals surface area contributed by atoms with Gasteiger partial charge in [-0.25, -0.2) is 4.98 Å². The molecule has 4 heteroatoms. The first kappa shape index (κ1) is 14.5. The van der Waals surface area contributed by atoms with Crippen LogP contribution in [0, 0.1) is 0 Å². The quantitative estimate of drug-likeness (QED) is 0.919. The Morgan fingerprint density at radius 2 is 2.33 bits per heavy atom. The Morgan fingerprint density at radius 1 is 1.43 bits per heavy atom. The zero-order valence-corrected chi connectivity index (χ0v) is 13.5. The molecule has 0 aliphatic heterocycles. The highest BCUT2D eigenvalue weighted by Gasteiger charge is 2.20. The van der Waals surface area contributed by atoms with Crippen molar-refractivity contribution >= 4 is 11.3 Å². The summed E-state index contributed by atoms with van der Waals surface area (Å²) in [5, 5.41) is 7.06. The van der Waals surface area contributed by atoms with Gasteiger partial charge in [-0.2, -0.15) is 0 Å². The zero-order valence-electron chi connectivity index (χ0n) is 12.7. The van der Waals surface area contributed by atoms with Crippen LogP contribution in [-0.2, 0) is 25.8 Å². The summed E-state index contributed by atoms with van der Waals surface area (Å²) >= 11 is 1.76. The van der Waals surface area contributed by atoms with Crippen LogP contribution < -0.4 is 10.1 Å². The smallest absolute Gasteiger partial charge is 0.122 e. The van der Waals surface area contributed by atoms with Crippen LogP contribution in [0.4, 0.5) is 0 Å². The Bertz CT molecular complexity index is 609. The van der Waals surface area contributed by atoms with Gasteiger partial charge in [0.25, 0.3) is 0 Å². The number of thiazole rings is 1. The fourth-order valence-corrected chi connectivity index (χ4v) is 3.72. The van der Waals surface area contributed by atoms with E-state index in [0.29, 0.717) is 6.04 Å². The Labute approximate surface area is 130 Å². The van der Waals surface area contributed by atoms with Crippen molar-refractivity contribution in [2.45, 2.75) is 45.2 Å². The van der Waals surface area contributed by atoms with Crippen molar-refractivity contribution in [3.8, 4) is 5.75 Å². The van der Waals surface area contributed by atoms with Gasteiger partial charge in [-0.3, -0.25) is 0 Å². The van der Waals surface area contributed by atoms with Gasteiger partial charge in [0, 0.05) is 18.0 Å². The van der Waals surface area contributed by atoms with Gasteiger partial charge in [-0.15, -0.1) is 11.3 Å². The van der Waals surface area contributed by atoms with E-state index in [-0.39, 0.29) is 0 Å². The third-order valence-corrected chi connectivity index (χ3v) is 5.17. The molecule has 2 aromatic rings. The number of fused-ring (bicyclic) bond motifs is 1. The maximum atomic E-state index is 5.46. The fourth-order valence-electron chi connectivity index (χ4n) is 2.98. The third kappa shape index (κ3) is 3.27. The minimum absolute atomic E-state index is 0.538. The average Bonchev–Trinajstić information content (AvgIpc) is 3.00. The summed E-state index contributed by atoms with van der Waals surface area (Å²) in [6.45, 7) is 3.03. The highest BCUT2D eigenvalue weighted by molar-refractivity contribution is 7.09. The number of aromatic nitrogens is 1. The van der Waals surface area contributed by atoms with Gasteiger partial charge in [0.05, 0.1) is 17.8 Å². The highest BCUT2D eigenvalue weighted by Crippen LogP contribution is 2.29. The molecule has 0 spiro atoms. The molecule has 0 bridgehead atoms. The van der Waals surface area contributed by atoms with Crippen LogP contribution in [0.5, 0.6) is 5.75 Å². The second-order valence-corrected chi connectivity index (χ2v) is 6.45. The van der Waals surface area contributed by atoms with E-state index in [1.807, 2.05) is 0 Å². The molecule has 1 aromatic carbocycles. The molecule has 1 unspecified atom stereocenters. The molecule has 1 aliphatic carbocycles. The van der Waals surface area contributed by atoms with Crippen molar-refractivity contribution in [3.63, 3.8) is 0 Å². The first-order chi connectivity index (χ1) is 10.3. The van der Waals surface area contributed by atoms with Crippen LogP contribution >= 0.6 is 11.3 Å². The summed E-state index contributed by atoms with van der Waals surface area (Å²) in [7, 11) is 1.76. The van der Waals surface area contributed by atoms with Gasteiger partial charge in [-0.1, -0.05) is 19.1 Å². The number of aryl methyl sites for hydroxylation is 1. The van der Waals surface area contributed by atoms with E-state index in [1.54, 1.807) is 18.4 Å². The predicted octanol–water partition coefficient (Wildman–Crippen LogP) is 3.36. The molecule has 21 heavy (non-hydrogen) atoms. The monoisotopic (exact) mass is 302 g/mol. The van der Waals surface area contributed by atoms with Crippen LogP contribution in [0.15, 0.2) is 23.6 Å². The first-order valence-electron chi connectivity index (χ1n) is 7.61. The molecule has 1 aromatic heterocycles. The van der Waals surface area contributed by atoms with E-state index in [4.69, 9.17) is 4.74 Å². The highest BCUT2D eigenvalue weighted by atomic mass is 32.1. The molecule has 1 atom stereocenters. The summed E-state index contributed by atoms with van der Waals surface area (Å²) in [6, 6.07) is 6.92. The zero-order chi connectivity index (χ0) is 14.7. The molecule has 3 rings (SSSR count). The molecule has 1 heterocycles. The Balaban J connectivity index is 1.61. The average molecular weight is 302 g/mol. The standard InChI is InChI=1S/C17H22N2OS/c1-3-17-19-14(11-21-17)10-18-13-7-8-15-12(9-13)5-4-6-16(15)20-2/h4-6,11,13,18H,3,7-10H2,1-2H3. The van der Waals surface area contributed by atoms with Gasteiger partial charge >= 0.3 is 0 Å². The van der Waals surface area contributed by atoms with E-state index < -0.39 is 0 Å². The third-order valence-electron chi connectivity index (χ3n) is 4.13. The SMILES string of the molecule is CCc1nc(CNC2CCc3c(cccc3OC)C2)cs1. The summed E-state index contributed by atoms with van der Waals surface area (Å²) in [5.41, 5.74) is 3.99. The second kappa shape index (κ2) is 6.58. The molecule has 0 amide bonds. The van der Waals surface area contributed by atoms with E-state index in [0.717, 1.165) is 38.0 Å². The molecule has 1 N–H and O–H groups in total. The summed E-state index contributed by atoms with van der Waals surface area (Å²) < 4.78 is 5.46. The number of rotatable bonds is 5. The van der Waals surface area contributed by atoms with Crippen molar-refractivity contribution in [1.82, 2.24) is 10.3 Å². The van der Waals surface area contributed by atoms with E-state index in [1.165, 1.54) is 21.8 Å². The second-order valence-electron chi connectivity index (χ2n) is 5.50. The molecule has 1 aliphatic rings. The minimum Gasteiger partial charge on any atom is -0.496 e. The molecule has 0 radical (unpaired) electrons. The predicted molar refractivity (Wildman–Crippen MR) is 87.1 cm³/mol. The maximum Gasteiger partial charge on any atom is 0.122 e. The van der Waals surface area contributed by atoms with E-state index in [9.17, 15) is 0 Å². The molecule has 0 saturated carbocycles. The van der Waals surface area contributed by atoms with Gasteiger partial charge in [0.1, 0.15) is 5.75 Å². The number of methoxy groups -OCH3 is 1. The van der Waals surface area contributed by atoms with Crippen molar-refractivity contribution in [1.29, 1.82) is 0 Å². The summed E-state index contributed by atoms with van der Waals surface area (Å²) in [5.74, 6) is 1.04. The lowest BCUT2D eigenvalue weighted by Crippen LogP contribution is -2.34. The van der Waals surface area contributed by atoms with Crippen LogP contribution in [0.1, 0.15) is 35.2 Å². The Kier molecular flexibility index (Phi) is 4.56. The van der Waals surface area contributed by atoms with Gasteiger partial charge < -0.3 is 10.1 Å². The number of ether oxygens (including phenoxy) is 1. The Hall–Kier alpha value is -1.39.